The van der Waals surface area contributed by atoms with Crippen molar-refractivity contribution in [3.05, 3.63) is 113 Å². The number of alkyl halides is 3. The molecule has 4 aromatic rings. The van der Waals surface area contributed by atoms with Crippen molar-refractivity contribution in [2.75, 3.05) is 22.6 Å². The number of ether oxygens (including phenoxy) is 1. The molecule has 0 N–H and O–H groups in total. The molecule has 4 aromatic carbocycles. The van der Waals surface area contributed by atoms with Crippen LogP contribution in [0.5, 0.6) is 11.5 Å². The first-order valence-corrected chi connectivity index (χ1v) is 14.3. The van der Waals surface area contributed by atoms with Crippen LogP contribution in [0.15, 0.2) is 102 Å². The van der Waals surface area contributed by atoms with E-state index in [9.17, 15) is 26.4 Å². The van der Waals surface area contributed by atoms with Crippen molar-refractivity contribution in [1.29, 1.82) is 0 Å². The Bertz CT molecular complexity index is 1640. The minimum atomic E-state index is -4.55. The van der Waals surface area contributed by atoms with E-state index in [1.165, 1.54) is 40.1 Å². The molecule has 0 spiro atoms. The summed E-state index contributed by atoms with van der Waals surface area (Å²) in [6.07, 6.45) is -3.47. The van der Waals surface area contributed by atoms with E-state index in [0.717, 1.165) is 18.4 Å². The number of hydrogen-bond acceptors (Lipinski definition) is 4. The van der Waals surface area contributed by atoms with Crippen LogP contribution >= 0.6 is 11.6 Å². The minimum Gasteiger partial charge on any atom is -0.457 e. The quantitative estimate of drug-likeness (QED) is 0.232. The number of halogens is 4. The van der Waals surface area contributed by atoms with E-state index in [4.69, 9.17) is 16.3 Å². The molecule has 1 heterocycles. The van der Waals surface area contributed by atoms with E-state index in [1.54, 1.807) is 54.6 Å². The molecule has 1 atom stereocenters. The number of anilines is 2. The van der Waals surface area contributed by atoms with Gasteiger partial charge in [0, 0.05) is 22.7 Å². The average Bonchev–Trinajstić information content (AvgIpc) is 3.26. The highest BCUT2D eigenvalue weighted by Gasteiger charge is 2.41. The normalized spacial score (nSPS) is 15.9. The van der Waals surface area contributed by atoms with Gasteiger partial charge in [0.1, 0.15) is 11.5 Å². The zero-order valence-corrected chi connectivity index (χ0v) is 22.5. The van der Waals surface area contributed by atoms with Crippen LogP contribution in [0.25, 0.3) is 0 Å². The topological polar surface area (TPSA) is 66.9 Å². The van der Waals surface area contributed by atoms with Crippen LogP contribution in [0.1, 0.15) is 17.2 Å². The molecule has 2 amide bonds. The van der Waals surface area contributed by atoms with E-state index in [1.807, 2.05) is 0 Å². The lowest BCUT2D eigenvalue weighted by Gasteiger charge is -2.24. The molecule has 0 bridgehead atoms. The Balaban J connectivity index is 1.50. The Hall–Kier alpha value is -4.02. The Morgan fingerprint density at radius 2 is 1.43 bits per heavy atom. The van der Waals surface area contributed by atoms with Crippen molar-refractivity contribution in [3.8, 4) is 11.5 Å². The van der Waals surface area contributed by atoms with Gasteiger partial charge in [0.15, 0.2) is 9.84 Å². The van der Waals surface area contributed by atoms with Crippen LogP contribution in [-0.2, 0) is 16.0 Å². The molecule has 0 aromatic heterocycles. The standard InChI is InChI=1S/C29H22ClF3N2O4S/c1-40(37,38)26-15-9-22(10-16-26)34-18-27(19-3-2-4-20(17-19)29(31,32)33)35(28(34)36)23-7-13-25(14-8-23)39-24-11-5-21(30)6-12-24/h2-17,27H,18H2,1H3/t27-/m1/s1. The molecule has 1 fully saturated rings. The third-order valence-electron chi connectivity index (χ3n) is 6.44. The van der Waals surface area contributed by atoms with E-state index < -0.39 is 33.6 Å². The predicted octanol–water partition coefficient (Wildman–Crippen LogP) is 7.74. The second-order valence-electron chi connectivity index (χ2n) is 9.22. The van der Waals surface area contributed by atoms with Crippen LogP contribution < -0.4 is 14.5 Å². The Kier molecular flexibility index (Phi) is 7.24. The Morgan fingerprint density at radius 3 is 2.00 bits per heavy atom. The first-order valence-electron chi connectivity index (χ1n) is 12.0. The van der Waals surface area contributed by atoms with Crippen molar-refractivity contribution < 1.29 is 31.1 Å². The van der Waals surface area contributed by atoms with Crippen molar-refractivity contribution >= 4 is 38.8 Å². The fourth-order valence-corrected chi connectivity index (χ4v) is 5.22. The van der Waals surface area contributed by atoms with Crippen molar-refractivity contribution in [2.24, 2.45) is 0 Å². The number of hydrogen-bond donors (Lipinski definition) is 0. The summed E-state index contributed by atoms with van der Waals surface area (Å²) in [7, 11) is -3.45. The van der Waals surface area contributed by atoms with E-state index in [0.29, 0.717) is 33.5 Å². The number of carbonyl (C=O) groups is 1. The van der Waals surface area contributed by atoms with Gasteiger partial charge in [0.2, 0.25) is 0 Å². The number of amides is 2. The zero-order chi connectivity index (χ0) is 28.7. The molecule has 0 radical (unpaired) electrons. The highest BCUT2D eigenvalue weighted by Crippen LogP contribution is 2.40. The molecule has 206 valence electrons. The summed E-state index contributed by atoms with van der Waals surface area (Å²) >= 11 is 5.92. The number of carbonyl (C=O) groups excluding carboxylic acids is 1. The molecule has 0 unspecified atom stereocenters. The second kappa shape index (κ2) is 10.5. The van der Waals surface area contributed by atoms with Crippen molar-refractivity contribution in [1.82, 2.24) is 0 Å². The lowest BCUT2D eigenvalue weighted by molar-refractivity contribution is -0.137. The predicted molar refractivity (Wildman–Crippen MR) is 147 cm³/mol. The van der Waals surface area contributed by atoms with E-state index in [2.05, 4.69) is 0 Å². The third-order valence-corrected chi connectivity index (χ3v) is 7.82. The molecule has 11 heteroatoms. The van der Waals surface area contributed by atoms with Gasteiger partial charge in [0.25, 0.3) is 0 Å². The monoisotopic (exact) mass is 586 g/mol. The van der Waals surface area contributed by atoms with Crippen LogP contribution in [0, 0.1) is 0 Å². The number of urea groups is 1. The SMILES string of the molecule is CS(=O)(=O)c1ccc(N2C[C@H](c3cccc(C(F)(F)F)c3)N(c3ccc(Oc4ccc(Cl)cc4)cc3)C2=O)cc1. The summed E-state index contributed by atoms with van der Waals surface area (Å²) in [6, 6.07) is 22.8. The largest absolute Gasteiger partial charge is 0.457 e. The number of rotatable bonds is 6. The molecule has 0 aliphatic carbocycles. The van der Waals surface area contributed by atoms with Gasteiger partial charge in [-0.3, -0.25) is 9.80 Å². The molecule has 1 aliphatic rings. The summed E-state index contributed by atoms with van der Waals surface area (Å²) in [5, 5.41) is 0.561. The first-order chi connectivity index (χ1) is 18.9. The molecule has 40 heavy (non-hydrogen) atoms. The molecule has 1 aliphatic heterocycles. The molecular formula is C29H22ClF3N2O4S. The zero-order valence-electron chi connectivity index (χ0n) is 21.0. The van der Waals surface area contributed by atoms with Gasteiger partial charge in [-0.2, -0.15) is 13.2 Å². The van der Waals surface area contributed by atoms with Crippen molar-refractivity contribution in [3.63, 3.8) is 0 Å². The number of benzene rings is 4. The smallest absolute Gasteiger partial charge is 0.416 e. The maximum absolute atomic E-state index is 13.7. The summed E-state index contributed by atoms with van der Waals surface area (Å²) in [4.78, 5) is 16.7. The van der Waals surface area contributed by atoms with Gasteiger partial charge in [-0.25, -0.2) is 13.2 Å². The molecule has 6 nitrogen and oxygen atoms in total. The summed E-state index contributed by atoms with van der Waals surface area (Å²) < 4.78 is 70.1. The first kappa shape index (κ1) is 27.5. The van der Waals surface area contributed by atoms with Crippen molar-refractivity contribution in [2.45, 2.75) is 17.1 Å². The fourth-order valence-electron chi connectivity index (χ4n) is 4.47. The fraction of sp³-hybridized carbons (Fsp3) is 0.138. The second-order valence-corrected chi connectivity index (χ2v) is 11.7. The Labute approximate surface area is 234 Å². The summed E-state index contributed by atoms with van der Waals surface area (Å²) in [5.41, 5.74) is 0.352. The van der Waals surface area contributed by atoms with Gasteiger partial charge in [-0.05, 0) is 90.5 Å². The van der Waals surface area contributed by atoms with E-state index in [-0.39, 0.29) is 11.4 Å². The number of nitrogens with zero attached hydrogens (tertiary/aromatic N) is 2. The Morgan fingerprint density at radius 1 is 0.850 bits per heavy atom. The average molecular weight is 587 g/mol. The maximum atomic E-state index is 13.7. The number of sulfone groups is 1. The molecule has 0 saturated carbocycles. The lowest BCUT2D eigenvalue weighted by atomic mass is 10.0. The van der Waals surface area contributed by atoms with Gasteiger partial charge < -0.3 is 4.74 Å². The minimum absolute atomic E-state index is 0.0430. The van der Waals surface area contributed by atoms with E-state index >= 15 is 0 Å². The molecular weight excluding hydrogens is 565 g/mol. The summed E-state index contributed by atoms with van der Waals surface area (Å²) in [6.45, 7) is 0.0430. The van der Waals surface area contributed by atoms with Gasteiger partial charge in [-0.1, -0.05) is 23.7 Å². The highest BCUT2D eigenvalue weighted by molar-refractivity contribution is 7.90. The van der Waals surface area contributed by atoms with Crippen LogP contribution in [0.2, 0.25) is 5.02 Å². The lowest BCUT2D eigenvalue weighted by Crippen LogP contribution is -2.32. The van der Waals surface area contributed by atoms with Crippen LogP contribution in [-0.4, -0.2) is 27.2 Å². The van der Waals surface area contributed by atoms with Crippen LogP contribution in [0.3, 0.4) is 0 Å². The van der Waals surface area contributed by atoms with Gasteiger partial charge in [0.05, 0.1) is 23.0 Å². The van der Waals surface area contributed by atoms with Crippen LogP contribution in [0.4, 0.5) is 29.3 Å². The molecule has 1 saturated heterocycles. The van der Waals surface area contributed by atoms with Gasteiger partial charge >= 0.3 is 12.2 Å². The highest BCUT2D eigenvalue weighted by atomic mass is 35.5. The molecule has 5 rings (SSSR count). The van der Waals surface area contributed by atoms with Gasteiger partial charge in [-0.15, -0.1) is 0 Å². The maximum Gasteiger partial charge on any atom is 0.416 e. The third kappa shape index (κ3) is 5.78. The summed E-state index contributed by atoms with van der Waals surface area (Å²) in [5.74, 6) is 1.04.